The van der Waals surface area contributed by atoms with Crippen LogP contribution >= 0.6 is 7.37 Å². The summed E-state index contributed by atoms with van der Waals surface area (Å²) < 4.78 is 23.0. The van der Waals surface area contributed by atoms with Crippen LogP contribution in [0.5, 0.6) is 0 Å². The molecule has 5 atom stereocenters. The van der Waals surface area contributed by atoms with Crippen molar-refractivity contribution < 1.29 is 28.5 Å². The number of hydrogen-bond acceptors (Lipinski definition) is 6. The number of carbonyl (C=O) groups excluding carboxylic acids is 2. The zero-order chi connectivity index (χ0) is 21.4. The van der Waals surface area contributed by atoms with Crippen LogP contribution < -0.4 is 10.6 Å². The molecule has 1 fully saturated rings. The number of benzene rings is 1. The van der Waals surface area contributed by atoms with Gasteiger partial charge < -0.3 is 25.0 Å². The fourth-order valence-electron chi connectivity index (χ4n) is 3.65. The Morgan fingerprint density at radius 2 is 2.00 bits per heavy atom. The highest BCUT2D eigenvalue weighted by molar-refractivity contribution is 7.59. The molecule has 0 radical (unpaired) electrons. The van der Waals surface area contributed by atoms with E-state index >= 15 is 0 Å². The maximum absolute atomic E-state index is 12.9. The molecule has 1 unspecified atom stereocenters. The number of hydrogen-bond donors (Lipinski definition) is 3. The zero-order valence-electron chi connectivity index (χ0n) is 17.2. The van der Waals surface area contributed by atoms with Gasteiger partial charge in [-0.3, -0.25) is 14.2 Å². The van der Waals surface area contributed by atoms with Gasteiger partial charge in [-0.25, -0.2) is 0 Å². The van der Waals surface area contributed by atoms with E-state index in [-0.39, 0.29) is 24.5 Å². The molecule has 1 aliphatic rings. The monoisotopic (exact) mass is 426 g/mol. The predicted octanol–water partition coefficient (Wildman–Crippen LogP) is 1.52. The SMILES string of the molecule is COC(=O)CP(=O)(O)[C@H](Cc1ccccc1)NC(=O)[C@H](C)[C@@H](OC)[C@@H]1CCCN1. The van der Waals surface area contributed by atoms with Crippen LogP contribution in [0, 0.1) is 5.92 Å². The van der Waals surface area contributed by atoms with Crippen molar-refractivity contribution in [1.82, 2.24) is 10.6 Å². The van der Waals surface area contributed by atoms with E-state index < -0.39 is 31.2 Å². The summed E-state index contributed by atoms with van der Waals surface area (Å²) in [6.45, 7) is 2.62. The quantitative estimate of drug-likeness (QED) is 0.384. The first-order valence-electron chi connectivity index (χ1n) is 9.77. The number of carbonyl (C=O) groups is 2. The van der Waals surface area contributed by atoms with Crippen LogP contribution in [0.1, 0.15) is 25.3 Å². The molecule has 0 saturated carbocycles. The fourth-order valence-corrected chi connectivity index (χ4v) is 5.19. The maximum Gasteiger partial charge on any atom is 0.315 e. The van der Waals surface area contributed by atoms with Gasteiger partial charge in [0.2, 0.25) is 13.3 Å². The molecule has 1 saturated heterocycles. The Bertz CT molecular complexity index is 723. The van der Waals surface area contributed by atoms with E-state index in [1.807, 2.05) is 18.2 Å². The third kappa shape index (κ3) is 6.64. The lowest BCUT2D eigenvalue weighted by molar-refractivity contribution is -0.137. The van der Waals surface area contributed by atoms with Crippen LogP contribution in [0.25, 0.3) is 0 Å². The van der Waals surface area contributed by atoms with Crippen LogP contribution in [0.4, 0.5) is 0 Å². The van der Waals surface area contributed by atoms with E-state index in [0.29, 0.717) is 0 Å². The molecule has 1 aromatic rings. The van der Waals surface area contributed by atoms with Crippen molar-refractivity contribution in [1.29, 1.82) is 0 Å². The van der Waals surface area contributed by atoms with E-state index in [2.05, 4.69) is 15.4 Å². The molecular weight excluding hydrogens is 395 g/mol. The summed E-state index contributed by atoms with van der Waals surface area (Å²) >= 11 is 0. The fraction of sp³-hybridized carbons (Fsp3) is 0.600. The lowest BCUT2D eigenvalue weighted by Gasteiger charge is -2.30. The summed E-state index contributed by atoms with van der Waals surface area (Å²) in [4.78, 5) is 35.1. The second-order valence-corrected chi connectivity index (χ2v) is 9.85. The predicted molar refractivity (Wildman–Crippen MR) is 110 cm³/mol. The van der Waals surface area contributed by atoms with Gasteiger partial charge in [-0.1, -0.05) is 37.3 Å². The average Bonchev–Trinajstić information content (AvgIpc) is 3.22. The van der Waals surface area contributed by atoms with Crippen LogP contribution in [0.2, 0.25) is 0 Å². The summed E-state index contributed by atoms with van der Waals surface area (Å²) in [5.41, 5.74) is 0.783. The molecule has 3 N–H and O–H groups in total. The minimum absolute atomic E-state index is 0.0596. The van der Waals surface area contributed by atoms with Crippen LogP contribution in [-0.4, -0.2) is 61.6 Å². The van der Waals surface area contributed by atoms with Crippen LogP contribution in [-0.2, 0) is 30.0 Å². The number of rotatable bonds is 10. The van der Waals surface area contributed by atoms with Gasteiger partial charge in [0.15, 0.2) is 0 Å². The molecule has 1 aromatic carbocycles. The zero-order valence-corrected chi connectivity index (χ0v) is 18.1. The van der Waals surface area contributed by atoms with E-state index in [9.17, 15) is 19.0 Å². The van der Waals surface area contributed by atoms with E-state index in [1.54, 1.807) is 26.2 Å². The summed E-state index contributed by atoms with van der Waals surface area (Å²) in [7, 11) is -1.34. The lowest BCUT2D eigenvalue weighted by atomic mass is 9.95. The number of nitrogens with one attached hydrogen (secondary N) is 2. The molecule has 0 bridgehead atoms. The highest BCUT2D eigenvalue weighted by Crippen LogP contribution is 2.46. The summed E-state index contributed by atoms with van der Waals surface area (Å²) in [5, 5.41) is 6.04. The molecule has 0 aliphatic carbocycles. The Labute approximate surface area is 171 Å². The van der Waals surface area contributed by atoms with Crippen molar-refractivity contribution in [3.63, 3.8) is 0 Å². The van der Waals surface area contributed by atoms with Crippen molar-refractivity contribution >= 4 is 19.2 Å². The molecule has 2 rings (SSSR count). The van der Waals surface area contributed by atoms with Gasteiger partial charge >= 0.3 is 5.97 Å². The number of esters is 1. The third-order valence-corrected chi connectivity index (χ3v) is 7.32. The van der Waals surface area contributed by atoms with Gasteiger partial charge in [0.25, 0.3) is 0 Å². The Morgan fingerprint density at radius 3 is 2.55 bits per heavy atom. The van der Waals surface area contributed by atoms with Crippen molar-refractivity contribution in [3.8, 4) is 0 Å². The molecule has 8 nitrogen and oxygen atoms in total. The van der Waals surface area contributed by atoms with Gasteiger partial charge in [0.1, 0.15) is 11.9 Å². The summed E-state index contributed by atoms with van der Waals surface area (Å²) in [5.74, 6) is -2.81. The number of ether oxygens (including phenoxy) is 2. The summed E-state index contributed by atoms with van der Waals surface area (Å²) in [6, 6.07) is 9.13. The molecule has 162 valence electrons. The molecular formula is C20H31N2O6P. The first-order chi connectivity index (χ1) is 13.8. The lowest BCUT2D eigenvalue weighted by Crippen LogP contribution is -2.49. The molecule has 1 heterocycles. The number of methoxy groups -OCH3 is 2. The van der Waals surface area contributed by atoms with Crippen LogP contribution in [0.15, 0.2) is 30.3 Å². The normalized spacial score (nSPS) is 21.6. The minimum Gasteiger partial charge on any atom is -0.469 e. The van der Waals surface area contributed by atoms with E-state index in [4.69, 9.17) is 4.74 Å². The largest absolute Gasteiger partial charge is 0.469 e. The molecule has 9 heteroatoms. The Hall–Kier alpha value is -1.73. The van der Waals surface area contributed by atoms with E-state index in [0.717, 1.165) is 32.1 Å². The topological polar surface area (TPSA) is 114 Å². The minimum atomic E-state index is -4.06. The van der Waals surface area contributed by atoms with Crippen molar-refractivity contribution in [2.75, 3.05) is 26.9 Å². The Kier molecular flexibility index (Phi) is 8.83. The van der Waals surface area contributed by atoms with E-state index in [1.165, 1.54) is 0 Å². The highest BCUT2D eigenvalue weighted by atomic mass is 31.2. The van der Waals surface area contributed by atoms with Gasteiger partial charge in [-0.15, -0.1) is 0 Å². The van der Waals surface area contributed by atoms with Crippen molar-refractivity contribution in [2.45, 2.75) is 44.1 Å². The molecule has 0 aromatic heterocycles. The third-order valence-electron chi connectivity index (χ3n) is 5.32. The van der Waals surface area contributed by atoms with Gasteiger partial charge in [-0.2, -0.15) is 0 Å². The van der Waals surface area contributed by atoms with Crippen molar-refractivity contribution in [3.05, 3.63) is 35.9 Å². The standard InChI is InChI=1S/C20H31N2O6P/c1-14(19(28-3)16-10-7-11-21-16)20(24)22-17(12-15-8-5-4-6-9-15)29(25,26)13-18(23)27-2/h4-6,8-9,14,16-17,19,21H,7,10-13H2,1-3H3,(H,22,24)(H,25,26)/t14-,16+,17-,19-/m1/s1. The first kappa shape index (κ1) is 23.5. The van der Waals surface area contributed by atoms with Crippen LogP contribution in [0.3, 0.4) is 0 Å². The molecule has 0 spiro atoms. The second kappa shape index (κ2) is 10.9. The second-order valence-electron chi connectivity index (χ2n) is 7.40. The maximum atomic E-state index is 12.9. The van der Waals surface area contributed by atoms with Gasteiger partial charge in [0, 0.05) is 19.6 Å². The average molecular weight is 426 g/mol. The highest BCUT2D eigenvalue weighted by Gasteiger charge is 2.38. The smallest absolute Gasteiger partial charge is 0.315 e. The Morgan fingerprint density at radius 1 is 1.31 bits per heavy atom. The Balaban J connectivity index is 2.17. The van der Waals surface area contributed by atoms with Gasteiger partial charge in [-0.05, 0) is 24.9 Å². The van der Waals surface area contributed by atoms with Crippen molar-refractivity contribution in [2.24, 2.45) is 5.92 Å². The molecule has 29 heavy (non-hydrogen) atoms. The molecule has 1 aliphatic heterocycles. The first-order valence-corrected chi connectivity index (χ1v) is 11.7. The molecule has 1 amide bonds. The number of amides is 1. The van der Waals surface area contributed by atoms with Gasteiger partial charge in [0.05, 0.1) is 19.1 Å². The summed E-state index contributed by atoms with van der Waals surface area (Å²) in [6.07, 6.45) is 1.04.